The Bertz CT molecular complexity index is 850. The molecule has 2 aromatic heterocycles. The van der Waals surface area contributed by atoms with E-state index in [9.17, 15) is 9.18 Å². The van der Waals surface area contributed by atoms with E-state index >= 15 is 0 Å². The van der Waals surface area contributed by atoms with Crippen molar-refractivity contribution in [2.24, 2.45) is 0 Å². The number of thiazole rings is 1. The number of aromatic nitrogens is 2. The van der Waals surface area contributed by atoms with Crippen LogP contribution in [0.2, 0.25) is 0 Å². The predicted molar refractivity (Wildman–Crippen MR) is 89.9 cm³/mol. The third-order valence-electron chi connectivity index (χ3n) is 3.72. The number of ether oxygens (including phenoxy) is 1. The molecule has 1 atom stereocenters. The van der Waals surface area contributed by atoms with Gasteiger partial charge >= 0.3 is 0 Å². The molecule has 25 heavy (non-hydrogen) atoms. The van der Waals surface area contributed by atoms with Gasteiger partial charge in [0.2, 0.25) is 5.89 Å². The molecule has 0 radical (unpaired) electrons. The van der Waals surface area contributed by atoms with Crippen LogP contribution in [0.25, 0.3) is 0 Å². The van der Waals surface area contributed by atoms with E-state index in [4.69, 9.17) is 9.15 Å². The molecule has 0 spiro atoms. The van der Waals surface area contributed by atoms with E-state index < -0.39 is 5.82 Å². The molecule has 6 nitrogen and oxygen atoms in total. The highest BCUT2D eigenvalue weighted by Crippen LogP contribution is 2.23. The molecular formula is C17H16FN3O3S. The van der Waals surface area contributed by atoms with Crippen molar-refractivity contribution in [2.45, 2.75) is 19.6 Å². The number of hydrogen-bond acceptors (Lipinski definition) is 6. The Hall–Kier alpha value is -2.74. The number of para-hydroxylation sites is 1. The van der Waals surface area contributed by atoms with Crippen LogP contribution in [-0.4, -0.2) is 27.8 Å². The standard InChI is InChI=1S/C17H16FN3O3S/c1-11(15-7-19-10-25-15)21(2)17(22)13-8-24-16(20-13)9-23-14-6-4-3-5-12(14)18/h3-8,10-11H,9H2,1-2H3/t11-/m0/s1. The molecule has 0 aliphatic heterocycles. The Morgan fingerprint density at radius 3 is 2.96 bits per heavy atom. The molecular weight excluding hydrogens is 345 g/mol. The second kappa shape index (κ2) is 7.43. The van der Waals surface area contributed by atoms with Crippen molar-refractivity contribution in [2.75, 3.05) is 7.05 Å². The van der Waals surface area contributed by atoms with Crippen LogP contribution in [0.15, 0.2) is 46.7 Å². The lowest BCUT2D eigenvalue weighted by atomic mass is 10.2. The normalized spacial score (nSPS) is 12.0. The van der Waals surface area contributed by atoms with Gasteiger partial charge in [0.05, 0.1) is 11.6 Å². The molecule has 0 N–H and O–H groups in total. The molecule has 0 saturated carbocycles. The summed E-state index contributed by atoms with van der Waals surface area (Å²) in [6.45, 7) is 1.84. The molecule has 8 heteroatoms. The minimum absolute atomic E-state index is 0.0671. The van der Waals surface area contributed by atoms with E-state index in [2.05, 4.69) is 9.97 Å². The molecule has 1 amide bonds. The average Bonchev–Trinajstić information content (AvgIpc) is 3.31. The lowest BCUT2D eigenvalue weighted by molar-refractivity contribution is 0.0738. The molecule has 3 rings (SSSR count). The van der Waals surface area contributed by atoms with Crippen molar-refractivity contribution < 1.29 is 18.3 Å². The van der Waals surface area contributed by atoms with E-state index in [0.717, 1.165) is 4.88 Å². The summed E-state index contributed by atoms with van der Waals surface area (Å²) >= 11 is 1.48. The summed E-state index contributed by atoms with van der Waals surface area (Å²) in [5.41, 5.74) is 1.89. The molecule has 0 unspecified atom stereocenters. The maximum absolute atomic E-state index is 13.5. The third-order valence-corrected chi connectivity index (χ3v) is 4.67. The summed E-state index contributed by atoms with van der Waals surface area (Å²) < 4.78 is 24.1. The summed E-state index contributed by atoms with van der Waals surface area (Å²) in [6.07, 6.45) is 3.01. The Morgan fingerprint density at radius 2 is 2.24 bits per heavy atom. The molecule has 0 aliphatic rings. The zero-order valence-corrected chi connectivity index (χ0v) is 14.5. The summed E-state index contributed by atoms with van der Waals surface area (Å²) in [5, 5.41) is 0. The van der Waals surface area contributed by atoms with Crippen molar-refractivity contribution in [3.05, 3.63) is 64.5 Å². The first-order chi connectivity index (χ1) is 12.1. The minimum atomic E-state index is -0.469. The number of carbonyl (C=O) groups excluding carboxylic acids is 1. The lowest BCUT2D eigenvalue weighted by Crippen LogP contribution is -2.29. The van der Waals surface area contributed by atoms with Crippen LogP contribution in [0, 0.1) is 5.82 Å². The van der Waals surface area contributed by atoms with E-state index in [1.54, 1.807) is 35.8 Å². The highest BCUT2D eigenvalue weighted by Gasteiger charge is 2.23. The van der Waals surface area contributed by atoms with Crippen LogP contribution in [0.1, 0.15) is 34.2 Å². The molecule has 0 saturated heterocycles. The quantitative estimate of drug-likeness (QED) is 0.670. The van der Waals surface area contributed by atoms with Gasteiger partial charge in [-0.1, -0.05) is 12.1 Å². The second-order valence-corrected chi connectivity index (χ2v) is 6.26. The van der Waals surface area contributed by atoms with E-state index in [1.807, 2.05) is 6.92 Å². The number of oxazole rings is 1. The molecule has 0 bridgehead atoms. The largest absolute Gasteiger partial charge is 0.481 e. The Kier molecular flexibility index (Phi) is 5.08. The highest BCUT2D eigenvalue weighted by atomic mass is 32.1. The van der Waals surface area contributed by atoms with Gasteiger partial charge in [0.25, 0.3) is 5.91 Å². The van der Waals surface area contributed by atoms with Crippen molar-refractivity contribution in [3.8, 4) is 5.75 Å². The number of benzene rings is 1. The van der Waals surface area contributed by atoms with Crippen LogP contribution in [0.4, 0.5) is 4.39 Å². The number of hydrogen-bond donors (Lipinski definition) is 0. The molecule has 0 fully saturated rings. The van der Waals surface area contributed by atoms with Gasteiger partial charge in [-0.15, -0.1) is 11.3 Å². The molecule has 130 valence electrons. The van der Waals surface area contributed by atoms with E-state index in [-0.39, 0.29) is 35.9 Å². The van der Waals surface area contributed by atoms with Gasteiger partial charge in [0, 0.05) is 18.1 Å². The number of carbonyl (C=O) groups is 1. The summed E-state index contributed by atoms with van der Waals surface area (Å²) in [5.74, 6) is -0.444. The van der Waals surface area contributed by atoms with Gasteiger partial charge in [0.15, 0.2) is 23.9 Å². The number of nitrogens with zero attached hydrogens (tertiary/aromatic N) is 3. The summed E-state index contributed by atoms with van der Waals surface area (Å²) in [7, 11) is 1.69. The second-order valence-electron chi connectivity index (χ2n) is 5.34. The molecule has 1 aromatic carbocycles. The number of amides is 1. The first kappa shape index (κ1) is 17.1. The van der Waals surface area contributed by atoms with Gasteiger partial charge in [0.1, 0.15) is 6.26 Å². The van der Waals surface area contributed by atoms with Gasteiger partial charge in [-0.05, 0) is 19.1 Å². The smallest absolute Gasteiger partial charge is 0.276 e. The summed E-state index contributed by atoms with van der Waals surface area (Å²) in [6, 6.07) is 5.92. The maximum Gasteiger partial charge on any atom is 0.276 e. The van der Waals surface area contributed by atoms with Gasteiger partial charge in [-0.3, -0.25) is 9.78 Å². The highest BCUT2D eigenvalue weighted by molar-refractivity contribution is 7.09. The van der Waals surface area contributed by atoms with Gasteiger partial charge in [-0.25, -0.2) is 9.37 Å². The number of rotatable bonds is 6. The molecule has 2 heterocycles. The van der Waals surface area contributed by atoms with E-state index in [0.29, 0.717) is 0 Å². The Balaban J connectivity index is 1.64. The zero-order chi connectivity index (χ0) is 17.8. The van der Waals surface area contributed by atoms with Crippen LogP contribution < -0.4 is 4.74 Å². The summed E-state index contributed by atoms with van der Waals surface area (Å²) in [4.78, 5) is 23.2. The SMILES string of the molecule is C[C@@H](c1cncs1)N(C)C(=O)c1coc(COc2ccccc2F)n1. The fourth-order valence-corrected chi connectivity index (χ4v) is 2.88. The zero-order valence-electron chi connectivity index (χ0n) is 13.7. The lowest BCUT2D eigenvalue weighted by Gasteiger charge is -2.22. The first-order valence-electron chi connectivity index (χ1n) is 7.53. The van der Waals surface area contributed by atoms with Crippen molar-refractivity contribution >= 4 is 17.2 Å². The Labute approximate surface area is 147 Å². The third kappa shape index (κ3) is 3.85. The van der Waals surface area contributed by atoms with Crippen LogP contribution in [0.5, 0.6) is 5.75 Å². The maximum atomic E-state index is 13.5. The predicted octanol–water partition coefficient (Wildman–Crippen LogP) is 3.68. The topological polar surface area (TPSA) is 68.5 Å². The molecule has 3 aromatic rings. The van der Waals surface area contributed by atoms with Crippen LogP contribution in [0.3, 0.4) is 0 Å². The first-order valence-corrected chi connectivity index (χ1v) is 8.41. The minimum Gasteiger partial charge on any atom is -0.481 e. The Morgan fingerprint density at radius 1 is 1.44 bits per heavy atom. The van der Waals surface area contributed by atoms with Crippen molar-refractivity contribution in [1.29, 1.82) is 0 Å². The van der Waals surface area contributed by atoms with Crippen molar-refractivity contribution in [1.82, 2.24) is 14.9 Å². The average molecular weight is 361 g/mol. The van der Waals surface area contributed by atoms with E-state index in [1.165, 1.54) is 29.7 Å². The van der Waals surface area contributed by atoms with Gasteiger partial charge in [-0.2, -0.15) is 0 Å². The van der Waals surface area contributed by atoms with Crippen molar-refractivity contribution in [3.63, 3.8) is 0 Å². The van der Waals surface area contributed by atoms with Gasteiger partial charge < -0.3 is 14.1 Å². The fourth-order valence-electron chi connectivity index (χ4n) is 2.16. The molecule has 0 aliphatic carbocycles. The monoisotopic (exact) mass is 361 g/mol. The van der Waals surface area contributed by atoms with Crippen LogP contribution in [-0.2, 0) is 6.61 Å². The fraction of sp³-hybridized carbons (Fsp3) is 0.235. The van der Waals surface area contributed by atoms with Crippen LogP contribution >= 0.6 is 11.3 Å². The number of halogens is 1.